The largest absolute Gasteiger partial charge is 0.388 e. The molecule has 1 aromatic rings. The predicted molar refractivity (Wildman–Crippen MR) is 77.3 cm³/mol. The van der Waals surface area contributed by atoms with Crippen molar-refractivity contribution in [2.24, 2.45) is 11.1 Å². The van der Waals surface area contributed by atoms with Crippen LogP contribution in [0.1, 0.15) is 31.9 Å². The first-order chi connectivity index (χ1) is 8.88. The van der Waals surface area contributed by atoms with E-state index in [4.69, 9.17) is 18.0 Å². The number of rotatable bonds is 6. The molecule has 19 heavy (non-hydrogen) atoms. The summed E-state index contributed by atoms with van der Waals surface area (Å²) in [5, 5.41) is 0. The molecular formula is C12H17N3O2S2. The number of thiocarbonyl (C=S) groups is 1. The van der Waals surface area contributed by atoms with E-state index in [1.54, 1.807) is 0 Å². The summed E-state index contributed by atoms with van der Waals surface area (Å²) in [6.07, 6.45) is 4.45. The highest BCUT2D eigenvalue weighted by atomic mass is 32.2. The normalized spacial score (nSPS) is 17.1. The molecule has 5 nitrogen and oxygen atoms in total. The molecule has 1 heterocycles. The van der Waals surface area contributed by atoms with E-state index in [9.17, 15) is 8.42 Å². The third kappa shape index (κ3) is 3.29. The monoisotopic (exact) mass is 299 g/mol. The van der Waals surface area contributed by atoms with Crippen molar-refractivity contribution in [3.63, 3.8) is 0 Å². The molecule has 1 aliphatic carbocycles. The summed E-state index contributed by atoms with van der Waals surface area (Å²) in [5.41, 5.74) is 6.00. The van der Waals surface area contributed by atoms with Crippen LogP contribution in [0.2, 0.25) is 0 Å². The van der Waals surface area contributed by atoms with E-state index in [1.165, 1.54) is 18.3 Å². The van der Waals surface area contributed by atoms with E-state index >= 15 is 0 Å². The number of pyridine rings is 1. The number of hydrogen-bond acceptors (Lipinski definition) is 4. The molecule has 0 unspecified atom stereocenters. The Morgan fingerprint density at radius 2 is 2.21 bits per heavy atom. The van der Waals surface area contributed by atoms with Gasteiger partial charge in [-0.15, -0.1) is 0 Å². The van der Waals surface area contributed by atoms with Crippen molar-refractivity contribution in [1.29, 1.82) is 0 Å². The van der Waals surface area contributed by atoms with Gasteiger partial charge in [0.25, 0.3) is 0 Å². The molecular weight excluding hydrogens is 282 g/mol. The first-order valence-electron chi connectivity index (χ1n) is 6.14. The van der Waals surface area contributed by atoms with Gasteiger partial charge in [-0.1, -0.05) is 19.1 Å². The average Bonchev–Trinajstić information content (AvgIpc) is 3.17. The molecule has 0 bridgehead atoms. The van der Waals surface area contributed by atoms with Crippen molar-refractivity contribution in [2.45, 2.75) is 31.1 Å². The fraction of sp³-hybridized carbons (Fsp3) is 0.500. The number of aromatic nitrogens is 1. The molecule has 1 aromatic heterocycles. The maximum Gasteiger partial charge on any atom is 0.242 e. The number of hydrogen-bond donors (Lipinski definition) is 2. The molecule has 1 fully saturated rings. The second-order valence-corrected chi connectivity index (χ2v) is 7.13. The van der Waals surface area contributed by atoms with Crippen LogP contribution in [0, 0.1) is 5.41 Å². The Kier molecular flexibility index (Phi) is 3.89. The molecule has 7 heteroatoms. The predicted octanol–water partition coefficient (Wildman–Crippen LogP) is 1.18. The quantitative estimate of drug-likeness (QED) is 0.771. The Morgan fingerprint density at radius 3 is 2.63 bits per heavy atom. The Labute approximate surface area is 118 Å². The van der Waals surface area contributed by atoms with Crippen LogP contribution >= 0.6 is 12.2 Å². The second kappa shape index (κ2) is 5.15. The van der Waals surface area contributed by atoms with Crippen LogP contribution in [0.5, 0.6) is 0 Å². The first kappa shape index (κ1) is 14.4. The van der Waals surface area contributed by atoms with Gasteiger partial charge >= 0.3 is 0 Å². The SMILES string of the molecule is CCC1(CNS(=O)(=O)c2ccc(C(N)=S)nc2)CC1. The Bertz CT molecular complexity index is 577. The van der Waals surface area contributed by atoms with Crippen molar-refractivity contribution in [3.8, 4) is 0 Å². The molecule has 0 aliphatic heterocycles. The summed E-state index contributed by atoms with van der Waals surface area (Å²) < 4.78 is 26.8. The first-order valence-corrected chi connectivity index (χ1v) is 8.03. The zero-order valence-electron chi connectivity index (χ0n) is 10.7. The molecule has 1 aliphatic rings. The smallest absolute Gasteiger partial charge is 0.242 e. The number of nitrogens with zero attached hydrogens (tertiary/aromatic N) is 1. The van der Waals surface area contributed by atoms with Crippen LogP contribution in [-0.2, 0) is 10.0 Å². The van der Waals surface area contributed by atoms with Crippen molar-refractivity contribution >= 4 is 27.2 Å². The van der Waals surface area contributed by atoms with Gasteiger partial charge in [-0.2, -0.15) is 0 Å². The lowest BCUT2D eigenvalue weighted by Crippen LogP contribution is -2.30. The molecule has 0 amide bonds. The second-order valence-electron chi connectivity index (χ2n) is 4.92. The molecule has 0 saturated heterocycles. The number of nitrogens with one attached hydrogen (secondary N) is 1. The Morgan fingerprint density at radius 1 is 1.53 bits per heavy atom. The van der Waals surface area contributed by atoms with Gasteiger partial charge in [-0.3, -0.25) is 4.98 Å². The highest BCUT2D eigenvalue weighted by molar-refractivity contribution is 7.89. The average molecular weight is 299 g/mol. The lowest BCUT2D eigenvalue weighted by Gasteiger charge is -2.13. The molecule has 2 rings (SSSR count). The summed E-state index contributed by atoms with van der Waals surface area (Å²) in [7, 11) is -3.50. The topological polar surface area (TPSA) is 85.1 Å². The minimum atomic E-state index is -3.50. The Balaban J connectivity index is 2.08. The molecule has 0 spiro atoms. The van der Waals surface area contributed by atoms with E-state index in [1.807, 2.05) is 0 Å². The zero-order valence-corrected chi connectivity index (χ0v) is 12.4. The fourth-order valence-electron chi connectivity index (χ4n) is 1.85. The number of sulfonamides is 1. The van der Waals surface area contributed by atoms with Crippen molar-refractivity contribution < 1.29 is 8.42 Å². The molecule has 0 radical (unpaired) electrons. The lowest BCUT2D eigenvalue weighted by molar-refractivity contribution is 0.475. The van der Waals surface area contributed by atoms with Gasteiger partial charge in [0.15, 0.2) is 0 Å². The van der Waals surface area contributed by atoms with Gasteiger partial charge < -0.3 is 5.73 Å². The van der Waals surface area contributed by atoms with Crippen LogP contribution in [0.4, 0.5) is 0 Å². The summed E-state index contributed by atoms with van der Waals surface area (Å²) in [5.74, 6) is 0. The summed E-state index contributed by atoms with van der Waals surface area (Å²) >= 11 is 4.77. The maximum absolute atomic E-state index is 12.1. The van der Waals surface area contributed by atoms with E-state index in [2.05, 4.69) is 16.6 Å². The van der Waals surface area contributed by atoms with Crippen LogP contribution < -0.4 is 10.5 Å². The minimum absolute atomic E-state index is 0.138. The van der Waals surface area contributed by atoms with Crippen molar-refractivity contribution in [2.75, 3.05) is 6.54 Å². The molecule has 0 aromatic carbocycles. The van der Waals surface area contributed by atoms with Gasteiger partial charge in [0.1, 0.15) is 9.88 Å². The van der Waals surface area contributed by atoms with E-state index in [0.29, 0.717) is 12.2 Å². The summed E-state index contributed by atoms with van der Waals surface area (Å²) in [6, 6.07) is 2.99. The van der Waals surface area contributed by atoms with E-state index in [-0.39, 0.29) is 15.3 Å². The van der Waals surface area contributed by atoms with Crippen LogP contribution in [0.15, 0.2) is 23.2 Å². The maximum atomic E-state index is 12.1. The minimum Gasteiger partial charge on any atom is -0.388 e. The standard InChI is InChI=1S/C12H17N3O2S2/c1-2-12(5-6-12)8-15-19(16,17)9-3-4-10(11(13)18)14-7-9/h3-4,7,15H,2,5-6,8H2,1H3,(H2,13,18). The van der Waals surface area contributed by atoms with Crippen LogP contribution in [0.25, 0.3) is 0 Å². The lowest BCUT2D eigenvalue weighted by atomic mass is 10.1. The number of nitrogens with two attached hydrogens (primary N) is 1. The highest BCUT2D eigenvalue weighted by Crippen LogP contribution is 2.48. The zero-order chi connectivity index (χ0) is 14.1. The third-order valence-electron chi connectivity index (χ3n) is 3.64. The summed E-state index contributed by atoms with van der Waals surface area (Å²) in [4.78, 5) is 4.23. The van der Waals surface area contributed by atoms with Gasteiger partial charge in [0, 0.05) is 12.7 Å². The molecule has 3 N–H and O–H groups in total. The van der Waals surface area contributed by atoms with E-state index in [0.717, 1.165) is 19.3 Å². The van der Waals surface area contributed by atoms with Crippen LogP contribution in [0.3, 0.4) is 0 Å². The van der Waals surface area contributed by atoms with Crippen LogP contribution in [-0.4, -0.2) is 24.9 Å². The van der Waals surface area contributed by atoms with E-state index < -0.39 is 10.0 Å². The fourth-order valence-corrected chi connectivity index (χ4v) is 3.07. The van der Waals surface area contributed by atoms with Gasteiger partial charge in [-0.25, -0.2) is 13.1 Å². The van der Waals surface area contributed by atoms with Gasteiger partial charge in [0.2, 0.25) is 10.0 Å². The summed E-state index contributed by atoms with van der Waals surface area (Å²) in [6.45, 7) is 2.57. The molecule has 1 saturated carbocycles. The molecule has 104 valence electrons. The Hall–Kier alpha value is -1.05. The third-order valence-corrected chi connectivity index (χ3v) is 5.24. The van der Waals surface area contributed by atoms with Gasteiger partial charge in [-0.05, 0) is 36.8 Å². The van der Waals surface area contributed by atoms with Crippen molar-refractivity contribution in [3.05, 3.63) is 24.0 Å². The molecule has 0 atom stereocenters. The van der Waals surface area contributed by atoms with Gasteiger partial charge in [0.05, 0.1) is 5.69 Å². The highest BCUT2D eigenvalue weighted by Gasteiger charge is 2.41. The van der Waals surface area contributed by atoms with Crippen molar-refractivity contribution in [1.82, 2.24) is 9.71 Å².